The lowest BCUT2D eigenvalue weighted by Gasteiger charge is -2.09. The summed E-state index contributed by atoms with van der Waals surface area (Å²) in [4.78, 5) is 4.06. The molecule has 0 fully saturated rings. The van der Waals surface area contributed by atoms with Crippen molar-refractivity contribution < 1.29 is 4.39 Å². The van der Waals surface area contributed by atoms with E-state index in [9.17, 15) is 4.39 Å². The maximum absolute atomic E-state index is 13.5. The zero-order chi connectivity index (χ0) is 12.3. The first-order chi connectivity index (χ1) is 8.19. The van der Waals surface area contributed by atoms with Crippen LogP contribution in [-0.2, 0) is 0 Å². The van der Waals surface area contributed by atoms with Gasteiger partial charge in [0.2, 0.25) is 0 Å². The van der Waals surface area contributed by atoms with Crippen molar-refractivity contribution >= 4 is 17.1 Å². The fourth-order valence-electron chi connectivity index (χ4n) is 1.54. The molecule has 0 atom stereocenters. The quantitative estimate of drug-likeness (QED) is 0.850. The second kappa shape index (κ2) is 4.82. The van der Waals surface area contributed by atoms with Crippen LogP contribution >= 0.6 is 0 Å². The minimum Gasteiger partial charge on any atom is -0.387 e. The van der Waals surface area contributed by atoms with Crippen LogP contribution in [0.15, 0.2) is 36.7 Å². The third kappa shape index (κ3) is 2.72. The number of halogens is 1. The van der Waals surface area contributed by atoms with Crippen LogP contribution in [0.25, 0.3) is 0 Å². The smallest absolute Gasteiger partial charge is 0.146 e. The molecule has 0 spiro atoms. The van der Waals surface area contributed by atoms with Crippen LogP contribution in [-0.4, -0.2) is 12.0 Å². The topological polar surface area (TPSA) is 37.0 Å². The van der Waals surface area contributed by atoms with Crippen LogP contribution in [0.1, 0.15) is 5.56 Å². The molecule has 3 nitrogen and oxygen atoms in total. The Morgan fingerprint density at radius 3 is 2.65 bits per heavy atom. The summed E-state index contributed by atoms with van der Waals surface area (Å²) in [5.41, 5.74) is 3.09. The third-order valence-corrected chi connectivity index (χ3v) is 2.43. The van der Waals surface area contributed by atoms with Crippen molar-refractivity contribution in [3.05, 3.63) is 48.0 Å². The summed E-state index contributed by atoms with van der Waals surface area (Å²) >= 11 is 0. The Bertz CT molecular complexity index is 526. The molecule has 2 aromatic rings. The van der Waals surface area contributed by atoms with Crippen molar-refractivity contribution in [3.8, 4) is 0 Å². The lowest BCUT2D eigenvalue weighted by Crippen LogP contribution is -1.96. The highest BCUT2D eigenvalue weighted by Gasteiger charge is 2.03. The fourth-order valence-corrected chi connectivity index (χ4v) is 1.54. The number of nitrogens with zero attached hydrogens (tertiary/aromatic N) is 1. The van der Waals surface area contributed by atoms with E-state index in [1.54, 1.807) is 24.5 Å². The van der Waals surface area contributed by atoms with Crippen molar-refractivity contribution in [1.29, 1.82) is 0 Å². The predicted octanol–water partition coefficient (Wildman–Crippen LogP) is 3.31. The van der Waals surface area contributed by atoms with Gasteiger partial charge in [-0.1, -0.05) is 6.07 Å². The van der Waals surface area contributed by atoms with Crippen LogP contribution in [0.3, 0.4) is 0 Å². The average molecular weight is 231 g/mol. The van der Waals surface area contributed by atoms with E-state index in [2.05, 4.69) is 15.6 Å². The van der Waals surface area contributed by atoms with Gasteiger partial charge in [-0.05, 0) is 30.7 Å². The van der Waals surface area contributed by atoms with E-state index in [4.69, 9.17) is 0 Å². The average Bonchev–Trinajstić information content (AvgIpc) is 2.34. The van der Waals surface area contributed by atoms with Gasteiger partial charge in [0.1, 0.15) is 5.82 Å². The van der Waals surface area contributed by atoms with Gasteiger partial charge in [0.05, 0.1) is 29.5 Å². The molecule has 1 aromatic carbocycles. The molecule has 0 saturated heterocycles. The SMILES string of the molecule is CNc1cncc(Nc2cc(C)ccc2F)c1. The Morgan fingerprint density at radius 2 is 1.88 bits per heavy atom. The predicted molar refractivity (Wildman–Crippen MR) is 68.2 cm³/mol. The van der Waals surface area contributed by atoms with E-state index < -0.39 is 0 Å². The molecular weight excluding hydrogens is 217 g/mol. The van der Waals surface area contributed by atoms with E-state index in [1.165, 1.54) is 6.07 Å². The van der Waals surface area contributed by atoms with Crippen LogP contribution in [0.4, 0.5) is 21.5 Å². The van der Waals surface area contributed by atoms with Gasteiger partial charge in [0.15, 0.2) is 0 Å². The highest BCUT2D eigenvalue weighted by molar-refractivity contribution is 5.63. The van der Waals surface area contributed by atoms with E-state index in [0.717, 1.165) is 16.9 Å². The number of aromatic nitrogens is 1. The number of anilines is 3. The first-order valence-corrected chi connectivity index (χ1v) is 5.35. The number of pyridine rings is 1. The van der Waals surface area contributed by atoms with Gasteiger partial charge >= 0.3 is 0 Å². The summed E-state index contributed by atoms with van der Waals surface area (Å²) in [6, 6.07) is 6.83. The Kier molecular flexibility index (Phi) is 3.23. The second-order valence-corrected chi connectivity index (χ2v) is 3.82. The molecule has 0 amide bonds. The molecule has 17 heavy (non-hydrogen) atoms. The van der Waals surface area contributed by atoms with Gasteiger partial charge in [-0.25, -0.2) is 4.39 Å². The maximum Gasteiger partial charge on any atom is 0.146 e. The molecular formula is C13H14FN3. The molecule has 0 saturated carbocycles. The van der Waals surface area contributed by atoms with Crippen LogP contribution < -0.4 is 10.6 Å². The normalized spacial score (nSPS) is 10.1. The zero-order valence-corrected chi connectivity index (χ0v) is 9.79. The summed E-state index contributed by atoms with van der Waals surface area (Å²) in [6.45, 7) is 1.92. The fraction of sp³-hybridized carbons (Fsp3) is 0.154. The van der Waals surface area contributed by atoms with Gasteiger partial charge in [-0.3, -0.25) is 4.98 Å². The molecule has 0 bridgehead atoms. The summed E-state index contributed by atoms with van der Waals surface area (Å²) in [5, 5.41) is 5.99. The third-order valence-electron chi connectivity index (χ3n) is 2.43. The second-order valence-electron chi connectivity index (χ2n) is 3.82. The molecule has 2 rings (SSSR count). The molecule has 88 valence electrons. The first-order valence-electron chi connectivity index (χ1n) is 5.35. The lowest BCUT2D eigenvalue weighted by atomic mass is 10.2. The summed E-state index contributed by atoms with van der Waals surface area (Å²) < 4.78 is 13.5. The van der Waals surface area contributed by atoms with Crippen LogP contribution in [0.2, 0.25) is 0 Å². The van der Waals surface area contributed by atoms with E-state index in [-0.39, 0.29) is 5.82 Å². The maximum atomic E-state index is 13.5. The van der Waals surface area contributed by atoms with Crippen molar-refractivity contribution in [2.75, 3.05) is 17.7 Å². The first kappa shape index (κ1) is 11.4. The molecule has 0 aliphatic rings. The summed E-state index contributed by atoms with van der Waals surface area (Å²) in [7, 11) is 1.81. The van der Waals surface area contributed by atoms with Crippen molar-refractivity contribution in [1.82, 2.24) is 4.98 Å². The minimum atomic E-state index is -0.273. The van der Waals surface area contributed by atoms with Gasteiger partial charge in [0, 0.05) is 7.05 Å². The van der Waals surface area contributed by atoms with Gasteiger partial charge in [0.25, 0.3) is 0 Å². The van der Waals surface area contributed by atoms with Crippen molar-refractivity contribution in [2.45, 2.75) is 6.92 Å². The largest absolute Gasteiger partial charge is 0.387 e. The number of nitrogens with one attached hydrogen (secondary N) is 2. The molecule has 0 aliphatic heterocycles. The Balaban J connectivity index is 2.27. The van der Waals surface area contributed by atoms with Crippen LogP contribution in [0.5, 0.6) is 0 Å². The number of hydrogen-bond donors (Lipinski definition) is 2. The molecule has 2 N–H and O–H groups in total. The van der Waals surface area contributed by atoms with E-state index >= 15 is 0 Å². The Labute approximate surface area is 99.7 Å². The number of rotatable bonds is 3. The molecule has 0 aliphatic carbocycles. The Hall–Kier alpha value is -2.10. The van der Waals surface area contributed by atoms with Gasteiger partial charge in [-0.2, -0.15) is 0 Å². The van der Waals surface area contributed by atoms with Gasteiger partial charge in [-0.15, -0.1) is 0 Å². The number of aryl methyl sites for hydroxylation is 1. The van der Waals surface area contributed by atoms with Crippen molar-refractivity contribution in [2.24, 2.45) is 0 Å². The molecule has 1 aromatic heterocycles. The number of hydrogen-bond acceptors (Lipinski definition) is 3. The lowest BCUT2D eigenvalue weighted by molar-refractivity contribution is 0.631. The summed E-state index contributed by atoms with van der Waals surface area (Å²) in [5.74, 6) is -0.273. The van der Waals surface area contributed by atoms with Gasteiger partial charge < -0.3 is 10.6 Å². The van der Waals surface area contributed by atoms with Crippen molar-refractivity contribution in [3.63, 3.8) is 0 Å². The highest BCUT2D eigenvalue weighted by atomic mass is 19.1. The van der Waals surface area contributed by atoms with E-state index in [1.807, 2.05) is 20.0 Å². The highest BCUT2D eigenvalue weighted by Crippen LogP contribution is 2.22. The zero-order valence-electron chi connectivity index (χ0n) is 9.79. The monoisotopic (exact) mass is 231 g/mol. The Morgan fingerprint density at radius 1 is 1.12 bits per heavy atom. The molecule has 0 radical (unpaired) electrons. The summed E-state index contributed by atoms with van der Waals surface area (Å²) in [6.07, 6.45) is 3.36. The number of benzene rings is 1. The molecule has 4 heteroatoms. The molecule has 1 heterocycles. The van der Waals surface area contributed by atoms with Crippen LogP contribution in [0, 0.1) is 12.7 Å². The standard InChI is InChI=1S/C13H14FN3/c1-9-3-4-12(14)13(5-9)17-11-6-10(15-2)7-16-8-11/h3-8,15,17H,1-2H3. The minimum absolute atomic E-state index is 0.273. The molecule has 0 unspecified atom stereocenters. The van der Waals surface area contributed by atoms with E-state index in [0.29, 0.717) is 5.69 Å².